The van der Waals surface area contributed by atoms with Crippen molar-refractivity contribution in [1.29, 1.82) is 0 Å². The van der Waals surface area contributed by atoms with Crippen LogP contribution in [0.2, 0.25) is 0 Å². The molecule has 0 radical (unpaired) electrons. The summed E-state index contributed by atoms with van der Waals surface area (Å²) in [5.41, 5.74) is 3.61. The Bertz CT molecular complexity index is 510. The number of hydrogen-bond acceptors (Lipinski definition) is 5. The van der Waals surface area contributed by atoms with Crippen LogP contribution in [0.4, 0.5) is 0 Å². The molecule has 0 unspecified atom stereocenters. The quantitative estimate of drug-likeness (QED) is 0.347. The first-order valence-corrected chi connectivity index (χ1v) is 8.65. The van der Waals surface area contributed by atoms with Crippen LogP contribution in [0, 0.1) is 0 Å². The van der Waals surface area contributed by atoms with Gasteiger partial charge in [0.2, 0.25) is 0 Å². The van der Waals surface area contributed by atoms with Crippen LogP contribution in [0.3, 0.4) is 0 Å². The number of esters is 2. The van der Waals surface area contributed by atoms with Gasteiger partial charge in [-0.05, 0) is 53.4 Å². The first-order chi connectivity index (χ1) is 11.7. The Kier molecular flexibility index (Phi) is 12.4. The second-order valence-electron chi connectivity index (χ2n) is 6.49. The minimum absolute atomic E-state index is 0.178. The number of aliphatic hydroxyl groups excluding tert-OH is 1. The van der Waals surface area contributed by atoms with Crippen molar-refractivity contribution in [3.63, 3.8) is 0 Å². The van der Waals surface area contributed by atoms with E-state index in [0.29, 0.717) is 0 Å². The average Bonchev–Trinajstić information content (AvgIpc) is 2.50. The summed E-state index contributed by atoms with van der Waals surface area (Å²) in [6.45, 7) is 9.08. The van der Waals surface area contributed by atoms with Crippen molar-refractivity contribution in [2.24, 2.45) is 0 Å². The number of carbonyl (C=O) groups is 2. The standard InChI is InChI=1S/C20H32O5/c1-15(2)8-6-9-16(3)10-7-11-17(4)12-20(23)25-14-19(22)13-24-18(5)21/h8,10,12,19,22H,6-7,9,11,13-14H2,1-5H3/b16-10+,17-12+/t19-/m1/s1. The second-order valence-corrected chi connectivity index (χ2v) is 6.49. The molecule has 0 saturated heterocycles. The molecule has 0 rings (SSSR count). The maximum atomic E-state index is 11.7. The Morgan fingerprint density at radius 1 is 0.880 bits per heavy atom. The fraction of sp³-hybridized carbons (Fsp3) is 0.600. The maximum Gasteiger partial charge on any atom is 0.330 e. The van der Waals surface area contributed by atoms with Crippen LogP contribution in [0.25, 0.3) is 0 Å². The highest BCUT2D eigenvalue weighted by molar-refractivity contribution is 5.82. The molecule has 25 heavy (non-hydrogen) atoms. The van der Waals surface area contributed by atoms with Gasteiger partial charge in [0.1, 0.15) is 19.3 Å². The zero-order chi connectivity index (χ0) is 19.2. The molecule has 0 aromatic carbocycles. The zero-order valence-corrected chi connectivity index (χ0v) is 16.1. The van der Waals surface area contributed by atoms with Crippen molar-refractivity contribution >= 4 is 11.9 Å². The number of aliphatic hydroxyl groups is 1. The highest BCUT2D eigenvalue weighted by Gasteiger charge is 2.09. The van der Waals surface area contributed by atoms with Crippen LogP contribution in [0.1, 0.15) is 60.3 Å². The minimum atomic E-state index is -1.01. The molecule has 0 aliphatic heterocycles. The summed E-state index contributed by atoms with van der Waals surface area (Å²) >= 11 is 0. The average molecular weight is 352 g/mol. The van der Waals surface area contributed by atoms with E-state index in [1.165, 1.54) is 24.1 Å². The lowest BCUT2D eigenvalue weighted by Crippen LogP contribution is -2.24. The Hall–Kier alpha value is -1.88. The third kappa shape index (κ3) is 15.4. The molecule has 5 nitrogen and oxygen atoms in total. The third-order valence-corrected chi connectivity index (χ3v) is 3.38. The molecule has 0 saturated carbocycles. The van der Waals surface area contributed by atoms with Gasteiger partial charge in [-0.15, -0.1) is 0 Å². The van der Waals surface area contributed by atoms with Crippen LogP contribution in [0.15, 0.2) is 34.9 Å². The molecule has 0 spiro atoms. The molecular weight excluding hydrogens is 320 g/mol. The minimum Gasteiger partial charge on any atom is -0.463 e. The van der Waals surface area contributed by atoms with Gasteiger partial charge in [-0.1, -0.05) is 28.9 Å². The Balaban J connectivity index is 4.07. The van der Waals surface area contributed by atoms with Crippen molar-refractivity contribution in [3.05, 3.63) is 34.9 Å². The fourth-order valence-electron chi connectivity index (χ4n) is 1.99. The molecule has 0 aromatic heterocycles. The number of hydrogen-bond donors (Lipinski definition) is 1. The summed E-state index contributed by atoms with van der Waals surface area (Å²) in [6.07, 6.45) is 8.63. The predicted molar refractivity (Wildman–Crippen MR) is 99.0 cm³/mol. The predicted octanol–water partition coefficient (Wildman–Crippen LogP) is 3.87. The summed E-state index contributed by atoms with van der Waals surface area (Å²) in [7, 11) is 0. The van der Waals surface area contributed by atoms with Gasteiger partial charge in [0.25, 0.3) is 0 Å². The largest absolute Gasteiger partial charge is 0.463 e. The summed E-state index contributed by atoms with van der Waals surface area (Å²) in [5, 5.41) is 9.50. The van der Waals surface area contributed by atoms with E-state index < -0.39 is 18.0 Å². The Morgan fingerprint density at radius 3 is 2.04 bits per heavy atom. The lowest BCUT2D eigenvalue weighted by molar-refractivity contribution is -0.148. The number of ether oxygens (including phenoxy) is 2. The van der Waals surface area contributed by atoms with Crippen LogP contribution >= 0.6 is 0 Å². The smallest absolute Gasteiger partial charge is 0.330 e. The van der Waals surface area contributed by atoms with E-state index in [9.17, 15) is 14.7 Å². The van der Waals surface area contributed by atoms with Crippen molar-refractivity contribution in [2.75, 3.05) is 13.2 Å². The van der Waals surface area contributed by atoms with Crippen LogP contribution < -0.4 is 0 Å². The highest BCUT2D eigenvalue weighted by atomic mass is 16.6. The van der Waals surface area contributed by atoms with Gasteiger partial charge < -0.3 is 14.6 Å². The molecule has 0 bridgehead atoms. The van der Waals surface area contributed by atoms with E-state index in [-0.39, 0.29) is 13.2 Å². The number of allylic oxidation sites excluding steroid dienone is 5. The van der Waals surface area contributed by atoms with Crippen molar-refractivity contribution in [2.45, 2.75) is 66.4 Å². The van der Waals surface area contributed by atoms with Gasteiger partial charge in [-0.25, -0.2) is 4.79 Å². The molecule has 142 valence electrons. The van der Waals surface area contributed by atoms with Crippen LogP contribution in [0.5, 0.6) is 0 Å². The van der Waals surface area contributed by atoms with Crippen molar-refractivity contribution in [3.8, 4) is 0 Å². The van der Waals surface area contributed by atoms with Crippen molar-refractivity contribution < 1.29 is 24.2 Å². The Labute approximate surface area is 151 Å². The van der Waals surface area contributed by atoms with E-state index in [1.54, 1.807) is 0 Å². The van der Waals surface area contributed by atoms with Gasteiger partial charge in [-0.2, -0.15) is 0 Å². The van der Waals surface area contributed by atoms with E-state index in [2.05, 4.69) is 37.7 Å². The fourth-order valence-corrected chi connectivity index (χ4v) is 1.99. The molecule has 1 N–H and O–H groups in total. The normalized spacial score (nSPS) is 13.2. The molecule has 0 fully saturated rings. The second kappa shape index (κ2) is 13.4. The van der Waals surface area contributed by atoms with Gasteiger partial charge in [0.05, 0.1) is 0 Å². The molecule has 0 aliphatic carbocycles. The lowest BCUT2D eigenvalue weighted by atomic mass is 10.1. The summed E-state index contributed by atoms with van der Waals surface area (Å²) < 4.78 is 9.56. The molecule has 5 heteroatoms. The summed E-state index contributed by atoms with van der Waals surface area (Å²) in [5.74, 6) is -0.978. The SMILES string of the molecule is CC(=O)OC[C@@H](O)COC(=O)/C=C(\C)CC/C=C(\C)CCC=C(C)C. The maximum absolute atomic E-state index is 11.7. The Morgan fingerprint density at radius 2 is 1.44 bits per heavy atom. The van der Waals surface area contributed by atoms with E-state index in [4.69, 9.17) is 4.74 Å². The van der Waals surface area contributed by atoms with Gasteiger partial charge in [0.15, 0.2) is 0 Å². The van der Waals surface area contributed by atoms with E-state index in [1.807, 2.05) is 6.92 Å². The van der Waals surface area contributed by atoms with E-state index >= 15 is 0 Å². The van der Waals surface area contributed by atoms with Gasteiger partial charge in [0, 0.05) is 13.0 Å². The van der Waals surface area contributed by atoms with E-state index in [0.717, 1.165) is 31.3 Å². The summed E-state index contributed by atoms with van der Waals surface area (Å²) in [6, 6.07) is 0. The van der Waals surface area contributed by atoms with Gasteiger partial charge in [-0.3, -0.25) is 4.79 Å². The lowest BCUT2D eigenvalue weighted by Gasteiger charge is -2.10. The highest BCUT2D eigenvalue weighted by Crippen LogP contribution is 2.11. The first-order valence-electron chi connectivity index (χ1n) is 8.65. The zero-order valence-electron chi connectivity index (χ0n) is 16.1. The first kappa shape index (κ1) is 23.1. The van der Waals surface area contributed by atoms with Crippen LogP contribution in [-0.2, 0) is 19.1 Å². The number of carbonyl (C=O) groups excluding carboxylic acids is 2. The molecular formula is C20H32O5. The van der Waals surface area contributed by atoms with Crippen molar-refractivity contribution in [1.82, 2.24) is 0 Å². The van der Waals surface area contributed by atoms with Crippen LogP contribution in [-0.4, -0.2) is 36.4 Å². The molecule has 0 amide bonds. The monoisotopic (exact) mass is 352 g/mol. The molecule has 1 atom stereocenters. The third-order valence-electron chi connectivity index (χ3n) is 3.38. The molecule has 0 aromatic rings. The molecule has 0 aliphatic rings. The summed E-state index contributed by atoms with van der Waals surface area (Å²) in [4.78, 5) is 22.3. The number of rotatable bonds is 11. The molecule has 0 heterocycles. The van der Waals surface area contributed by atoms with Gasteiger partial charge >= 0.3 is 11.9 Å². The topological polar surface area (TPSA) is 72.8 Å².